The molecule has 1 rings (SSSR count). The molecule has 0 radical (unpaired) electrons. The van der Waals surface area contributed by atoms with E-state index in [1.54, 1.807) is 0 Å². The number of unbranched alkanes of at least 4 members (excludes halogenated alkanes) is 4. The van der Waals surface area contributed by atoms with E-state index < -0.39 is 0 Å². The van der Waals surface area contributed by atoms with Crippen molar-refractivity contribution in [3.8, 4) is 0 Å². The Labute approximate surface area is 75.2 Å². The van der Waals surface area contributed by atoms with Gasteiger partial charge in [-0.15, -0.1) is 0 Å². The molecule has 2 heteroatoms. The molecule has 0 saturated carbocycles. The van der Waals surface area contributed by atoms with Crippen LogP contribution < -0.4 is 0 Å². The van der Waals surface area contributed by atoms with E-state index in [1.807, 2.05) is 0 Å². The summed E-state index contributed by atoms with van der Waals surface area (Å²) in [5.74, 6) is 0. The van der Waals surface area contributed by atoms with E-state index in [1.165, 1.54) is 32.1 Å². The first-order valence-electron chi connectivity index (χ1n) is 5.16. The minimum atomic E-state index is 0.135. The highest BCUT2D eigenvalue weighted by Crippen LogP contribution is 2.12. The number of ether oxygens (including phenoxy) is 2. The van der Waals surface area contributed by atoms with Crippen LogP contribution in [-0.4, -0.2) is 19.5 Å². The SMILES string of the molecule is CCCCCCCOC1CCO1. The van der Waals surface area contributed by atoms with Crippen molar-refractivity contribution in [1.29, 1.82) is 0 Å². The van der Waals surface area contributed by atoms with Gasteiger partial charge in [-0.3, -0.25) is 0 Å². The van der Waals surface area contributed by atoms with Crippen molar-refractivity contribution < 1.29 is 9.47 Å². The van der Waals surface area contributed by atoms with E-state index >= 15 is 0 Å². The minimum Gasteiger partial charge on any atom is -0.353 e. The highest BCUT2D eigenvalue weighted by molar-refractivity contribution is 4.54. The molecule has 0 aromatic rings. The molecule has 1 aliphatic heterocycles. The quantitative estimate of drug-likeness (QED) is 0.550. The number of hydrogen-bond acceptors (Lipinski definition) is 2. The molecule has 12 heavy (non-hydrogen) atoms. The molecular formula is C10H20O2. The molecule has 1 aliphatic rings. The predicted octanol–water partition coefficient (Wildman–Crippen LogP) is 2.72. The maximum absolute atomic E-state index is 5.44. The third-order valence-electron chi connectivity index (χ3n) is 2.21. The van der Waals surface area contributed by atoms with Gasteiger partial charge in [-0.25, -0.2) is 0 Å². The Hall–Kier alpha value is -0.0800. The van der Waals surface area contributed by atoms with Gasteiger partial charge in [0.15, 0.2) is 6.29 Å². The van der Waals surface area contributed by atoms with Crippen molar-refractivity contribution in [2.75, 3.05) is 13.2 Å². The molecule has 1 atom stereocenters. The van der Waals surface area contributed by atoms with Crippen LogP contribution in [0.2, 0.25) is 0 Å². The van der Waals surface area contributed by atoms with E-state index in [2.05, 4.69) is 6.92 Å². The zero-order valence-corrected chi connectivity index (χ0v) is 8.05. The highest BCUT2D eigenvalue weighted by atomic mass is 16.7. The van der Waals surface area contributed by atoms with E-state index in [0.29, 0.717) is 0 Å². The van der Waals surface area contributed by atoms with Crippen molar-refractivity contribution in [2.24, 2.45) is 0 Å². The van der Waals surface area contributed by atoms with Crippen LogP contribution in [0, 0.1) is 0 Å². The fraction of sp³-hybridized carbons (Fsp3) is 1.00. The summed E-state index contributed by atoms with van der Waals surface area (Å²) in [6.07, 6.45) is 7.75. The van der Waals surface area contributed by atoms with Crippen LogP contribution in [0.15, 0.2) is 0 Å². The number of rotatable bonds is 7. The van der Waals surface area contributed by atoms with E-state index in [-0.39, 0.29) is 6.29 Å². The van der Waals surface area contributed by atoms with Gasteiger partial charge in [-0.2, -0.15) is 0 Å². The molecule has 72 valence electrons. The fourth-order valence-electron chi connectivity index (χ4n) is 1.27. The Balaban J connectivity index is 1.70. The first kappa shape index (κ1) is 10.0. The van der Waals surface area contributed by atoms with E-state index in [0.717, 1.165) is 19.6 Å². The highest BCUT2D eigenvalue weighted by Gasteiger charge is 2.17. The van der Waals surface area contributed by atoms with Crippen molar-refractivity contribution >= 4 is 0 Å². The molecular weight excluding hydrogens is 152 g/mol. The zero-order chi connectivity index (χ0) is 8.65. The molecule has 1 heterocycles. The van der Waals surface area contributed by atoms with Crippen LogP contribution in [-0.2, 0) is 9.47 Å². The van der Waals surface area contributed by atoms with Crippen LogP contribution >= 0.6 is 0 Å². The molecule has 0 N–H and O–H groups in total. The third-order valence-corrected chi connectivity index (χ3v) is 2.21. The van der Waals surface area contributed by atoms with Gasteiger partial charge < -0.3 is 9.47 Å². The molecule has 0 aromatic carbocycles. The second-order valence-corrected chi connectivity index (χ2v) is 3.37. The normalized spacial score (nSPS) is 22.2. The summed E-state index contributed by atoms with van der Waals surface area (Å²) in [5, 5.41) is 0. The van der Waals surface area contributed by atoms with Crippen LogP contribution in [0.4, 0.5) is 0 Å². The molecule has 1 fully saturated rings. The van der Waals surface area contributed by atoms with Gasteiger partial charge >= 0.3 is 0 Å². The molecule has 2 nitrogen and oxygen atoms in total. The Morgan fingerprint density at radius 1 is 1.25 bits per heavy atom. The summed E-state index contributed by atoms with van der Waals surface area (Å²) < 4.78 is 10.6. The average Bonchev–Trinajstić information content (AvgIpc) is 2.00. The smallest absolute Gasteiger partial charge is 0.159 e. The summed E-state index contributed by atoms with van der Waals surface area (Å²) in [5.41, 5.74) is 0. The largest absolute Gasteiger partial charge is 0.353 e. The summed E-state index contributed by atoms with van der Waals surface area (Å²) in [7, 11) is 0. The van der Waals surface area contributed by atoms with Crippen molar-refractivity contribution in [1.82, 2.24) is 0 Å². The molecule has 0 bridgehead atoms. The van der Waals surface area contributed by atoms with Gasteiger partial charge in [0, 0.05) is 13.0 Å². The minimum absolute atomic E-state index is 0.135. The predicted molar refractivity (Wildman–Crippen MR) is 49.1 cm³/mol. The van der Waals surface area contributed by atoms with Gasteiger partial charge in [0.05, 0.1) is 6.61 Å². The van der Waals surface area contributed by atoms with Gasteiger partial charge in [-0.05, 0) is 6.42 Å². The van der Waals surface area contributed by atoms with Crippen LogP contribution in [0.25, 0.3) is 0 Å². The van der Waals surface area contributed by atoms with Gasteiger partial charge in [-0.1, -0.05) is 32.6 Å². The zero-order valence-electron chi connectivity index (χ0n) is 8.05. The standard InChI is InChI=1S/C10H20O2/c1-2-3-4-5-6-8-11-10-7-9-12-10/h10H,2-9H2,1H3. The maximum Gasteiger partial charge on any atom is 0.159 e. The van der Waals surface area contributed by atoms with Crippen LogP contribution in [0.5, 0.6) is 0 Å². The second kappa shape index (κ2) is 6.44. The first-order chi connectivity index (χ1) is 5.93. The van der Waals surface area contributed by atoms with Crippen LogP contribution in [0.1, 0.15) is 45.4 Å². The van der Waals surface area contributed by atoms with Gasteiger partial charge in [0.25, 0.3) is 0 Å². The third kappa shape index (κ3) is 4.07. The fourth-order valence-corrected chi connectivity index (χ4v) is 1.27. The van der Waals surface area contributed by atoms with Crippen molar-refractivity contribution in [3.05, 3.63) is 0 Å². The molecule has 0 spiro atoms. The second-order valence-electron chi connectivity index (χ2n) is 3.37. The van der Waals surface area contributed by atoms with Gasteiger partial charge in [0.1, 0.15) is 0 Å². The Morgan fingerprint density at radius 3 is 2.58 bits per heavy atom. The van der Waals surface area contributed by atoms with Crippen molar-refractivity contribution in [2.45, 2.75) is 51.7 Å². The molecule has 1 saturated heterocycles. The Morgan fingerprint density at radius 2 is 2.00 bits per heavy atom. The monoisotopic (exact) mass is 172 g/mol. The van der Waals surface area contributed by atoms with Crippen LogP contribution in [0.3, 0.4) is 0 Å². The van der Waals surface area contributed by atoms with E-state index in [4.69, 9.17) is 9.47 Å². The average molecular weight is 172 g/mol. The lowest BCUT2D eigenvalue weighted by atomic mass is 10.2. The van der Waals surface area contributed by atoms with Crippen molar-refractivity contribution in [3.63, 3.8) is 0 Å². The molecule has 0 aliphatic carbocycles. The summed E-state index contributed by atoms with van der Waals surface area (Å²) in [6, 6.07) is 0. The molecule has 1 unspecified atom stereocenters. The van der Waals surface area contributed by atoms with Gasteiger partial charge in [0.2, 0.25) is 0 Å². The lowest BCUT2D eigenvalue weighted by Gasteiger charge is -2.26. The lowest BCUT2D eigenvalue weighted by molar-refractivity contribution is -0.214. The Kier molecular flexibility index (Phi) is 5.37. The Bertz CT molecular complexity index is 100. The summed E-state index contributed by atoms with van der Waals surface area (Å²) in [4.78, 5) is 0. The maximum atomic E-state index is 5.44. The first-order valence-corrected chi connectivity index (χ1v) is 5.16. The number of hydrogen-bond donors (Lipinski definition) is 0. The summed E-state index contributed by atoms with van der Waals surface area (Å²) in [6.45, 7) is 4.01. The van der Waals surface area contributed by atoms with E-state index in [9.17, 15) is 0 Å². The summed E-state index contributed by atoms with van der Waals surface area (Å²) >= 11 is 0. The lowest BCUT2D eigenvalue weighted by Crippen LogP contribution is -2.29. The molecule has 0 amide bonds. The molecule has 0 aromatic heterocycles. The topological polar surface area (TPSA) is 18.5 Å².